The van der Waals surface area contributed by atoms with Crippen molar-refractivity contribution in [2.75, 3.05) is 40.0 Å². The summed E-state index contributed by atoms with van der Waals surface area (Å²) < 4.78 is 12.2. The SMILES string of the molecule is CN=C(NCC1COCCO1)NCC1(c2cccc(Br)c2)CC1.I. The largest absolute Gasteiger partial charge is 0.376 e. The van der Waals surface area contributed by atoms with Gasteiger partial charge in [0, 0.05) is 30.0 Å². The van der Waals surface area contributed by atoms with Crippen LogP contribution >= 0.6 is 39.9 Å². The van der Waals surface area contributed by atoms with Crippen LogP contribution in [0, 0.1) is 0 Å². The number of aliphatic imine (C=N–C) groups is 1. The summed E-state index contributed by atoms with van der Waals surface area (Å²) in [5.41, 5.74) is 1.63. The third-order valence-electron chi connectivity index (χ3n) is 4.49. The maximum Gasteiger partial charge on any atom is 0.191 e. The quantitative estimate of drug-likeness (QED) is 0.364. The Kier molecular flexibility index (Phi) is 7.77. The summed E-state index contributed by atoms with van der Waals surface area (Å²) in [6.07, 6.45) is 2.53. The van der Waals surface area contributed by atoms with Crippen LogP contribution in [0.4, 0.5) is 0 Å². The molecule has 0 radical (unpaired) electrons. The number of nitrogens with one attached hydrogen (secondary N) is 2. The summed E-state index contributed by atoms with van der Waals surface area (Å²) in [5, 5.41) is 6.78. The highest BCUT2D eigenvalue weighted by molar-refractivity contribution is 14.0. The standard InChI is InChI=1S/C17H24BrN3O2.HI/c1-19-16(20-10-15-11-22-7-8-23-15)21-12-17(5-6-17)13-3-2-4-14(18)9-13;/h2-4,9,15H,5-8,10-12H2,1H3,(H2,19,20,21);1H. The molecule has 1 saturated carbocycles. The molecule has 1 aliphatic carbocycles. The van der Waals surface area contributed by atoms with Gasteiger partial charge in [-0.3, -0.25) is 4.99 Å². The monoisotopic (exact) mass is 509 g/mol. The Balaban J connectivity index is 0.00000208. The molecule has 5 nitrogen and oxygen atoms in total. The average Bonchev–Trinajstić information content (AvgIpc) is 3.37. The van der Waals surface area contributed by atoms with Gasteiger partial charge >= 0.3 is 0 Å². The summed E-state index contributed by atoms with van der Waals surface area (Å²) in [7, 11) is 1.80. The van der Waals surface area contributed by atoms with Crippen LogP contribution in [0.1, 0.15) is 18.4 Å². The summed E-state index contributed by atoms with van der Waals surface area (Å²) in [6.45, 7) is 3.61. The fourth-order valence-corrected chi connectivity index (χ4v) is 3.27. The van der Waals surface area contributed by atoms with Gasteiger partial charge in [0.05, 0.1) is 25.9 Å². The van der Waals surface area contributed by atoms with Gasteiger partial charge in [-0.15, -0.1) is 24.0 Å². The zero-order valence-corrected chi connectivity index (χ0v) is 17.8. The molecule has 2 fully saturated rings. The molecule has 134 valence electrons. The fraction of sp³-hybridized carbons (Fsp3) is 0.588. The molecule has 2 N–H and O–H groups in total. The van der Waals surface area contributed by atoms with E-state index >= 15 is 0 Å². The number of hydrogen-bond donors (Lipinski definition) is 2. The molecule has 1 aromatic carbocycles. The van der Waals surface area contributed by atoms with Crippen molar-refractivity contribution in [2.45, 2.75) is 24.4 Å². The van der Waals surface area contributed by atoms with Crippen molar-refractivity contribution in [1.29, 1.82) is 0 Å². The molecule has 0 aromatic heterocycles. The van der Waals surface area contributed by atoms with Crippen molar-refractivity contribution in [2.24, 2.45) is 4.99 Å². The van der Waals surface area contributed by atoms with Gasteiger partial charge in [-0.25, -0.2) is 0 Å². The summed E-state index contributed by atoms with van der Waals surface area (Å²) in [5.74, 6) is 0.820. The van der Waals surface area contributed by atoms with E-state index in [0.717, 1.165) is 17.0 Å². The topological polar surface area (TPSA) is 54.9 Å². The fourth-order valence-electron chi connectivity index (χ4n) is 2.88. The molecule has 7 heteroatoms. The van der Waals surface area contributed by atoms with E-state index in [0.29, 0.717) is 26.4 Å². The highest BCUT2D eigenvalue weighted by atomic mass is 127. The van der Waals surface area contributed by atoms with Gasteiger partial charge < -0.3 is 20.1 Å². The maximum absolute atomic E-state index is 5.64. The predicted octanol–water partition coefficient (Wildman–Crippen LogP) is 2.68. The van der Waals surface area contributed by atoms with Crippen molar-refractivity contribution in [3.8, 4) is 0 Å². The summed E-state index contributed by atoms with van der Waals surface area (Å²) in [6, 6.07) is 8.60. The van der Waals surface area contributed by atoms with E-state index < -0.39 is 0 Å². The first-order valence-electron chi connectivity index (χ1n) is 8.12. The molecule has 0 amide bonds. The number of benzene rings is 1. The average molecular weight is 510 g/mol. The molecular weight excluding hydrogens is 485 g/mol. The van der Waals surface area contributed by atoms with Crippen molar-refractivity contribution in [3.05, 3.63) is 34.3 Å². The Morgan fingerprint density at radius 2 is 2.17 bits per heavy atom. The van der Waals surface area contributed by atoms with E-state index in [4.69, 9.17) is 9.47 Å². The summed E-state index contributed by atoms with van der Waals surface area (Å²) in [4.78, 5) is 4.30. The van der Waals surface area contributed by atoms with Crippen LogP contribution < -0.4 is 10.6 Å². The van der Waals surface area contributed by atoms with Crippen LogP contribution in [0.5, 0.6) is 0 Å². The Morgan fingerprint density at radius 3 is 2.79 bits per heavy atom. The lowest BCUT2D eigenvalue weighted by Crippen LogP contribution is -2.46. The second kappa shape index (κ2) is 9.35. The maximum atomic E-state index is 5.64. The van der Waals surface area contributed by atoms with Crippen LogP contribution in [0.15, 0.2) is 33.7 Å². The third-order valence-corrected chi connectivity index (χ3v) is 4.98. The first-order valence-corrected chi connectivity index (χ1v) is 8.91. The van der Waals surface area contributed by atoms with E-state index in [2.05, 4.69) is 55.8 Å². The molecule has 0 spiro atoms. The lowest BCUT2D eigenvalue weighted by atomic mass is 9.96. The van der Waals surface area contributed by atoms with E-state index in [1.807, 2.05) is 0 Å². The number of nitrogens with zero attached hydrogens (tertiary/aromatic N) is 1. The van der Waals surface area contributed by atoms with Gasteiger partial charge in [0.15, 0.2) is 5.96 Å². The number of ether oxygens (including phenoxy) is 2. The lowest BCUT2D eigenvalue weighted by molar-refractivity contribution is -0.0850. The highest BCUT2D eigenvalue weighted by Gasteiger charge is 2.44. The van der Waals surface area contributed by atoms with Crippen molar-refractivity contribution >= 4 is 45.9 Å². The van der Waals surface area contributed by atoms with Crippen LogP contribution in [0.25, 0.3) is 0 Å². The minimum absolute atomic E-state index is 0. The van der Waals surface area contributed by atoms with Crippen LogP contribution in [0.2, 0.25) is 0 Å². The Morgan fingerprint density at radius 1 is 1.33 bits per heavy atom. The van der Waals surface area contributed by atoms with Gasteiger partial charge in [0.25, 0.3) is 0 Å². The minimum atomic E-state index is 0. The Labute approximate surface area is 169 Å². The molecule has 2 aliphatic rings. The Hall–Kier alpha value is -0.380. The molecule has 1 atom stereocenters. The van der Waals surface area contributed by atoms with E-state index in [1.165, 1.54) is 18.4 Å². The normalized spacial score (nSPS) is 22.4. The number of halogens is 2. The summed E-state index contributed by atoms with van der Waals surface area (Å²) >= 11 is 3.56. The third kappa shape index (κ3) is 5.31. The molecule has 1 unspecified atom stereocenters. The van der Waals surface area contributed by atoms with Crippen LogP contribution in [-0.2, 0) is 14.9 Å². The molecule has 1 aliphatic heterocycles. The van der Waals surface area contributed by atoms with Gasteiger partial charge in [-0.1, -0.05) is 28.1 Å². The van der Waals surface area contributed by atoms with Gasteiger partial charge in [0.1, 0.15) is 0 Å². The van der Waals surface area contributed by atoms with Crippen LogP contribution in [0.3, 0.4) is 0 Å². The second-order valence-corrected chi connectivity index (χ2v) is 7.08. The Bertz CT molecular complexity index is 561. The molecule has 1 heterocycles. The van der Waals surface area contributed by atoms with Crippen LogP contribution in [-0.4, -0.2) is 52.0 Å². The smallest absolute Gasteiger partial charge is 0.191 e. The highest BCUT2D eigenvalue weighted by Crippen LogP contribution is 2.48. The molecule has 24 heavy (non-hydrogen) atoms. The molecular formula is C17H25BrIN3O2. The van der Waals surface area contributed by atoms with E-state index in [9.17, 15) is 0 Å². The number of rotatable bonds is 5. The first-order chi connectivity index (χ1) is 11.2. The van der Waals surface area contributed by atoms with Gasteiger partial charge in [-0.05, 0) is 30.5 Å². The zero-order valence-electron chi connectivity index (χ0n) is 13.9. The minimum Gasteiger partial charge on any atom is -0.376 e. The van der Waals surface area contributed by atoms with Gasteiger partial charge in [-0.2, -0.15) is 0 Å². The molecule has 1 aromatic rings. The molecule has 3 rings (SSSR count). The molecule has 0 bridgehead atoms. The number of hydrogen-bond acceptors (Lipinski definition) is 3. The predicted molar refractivity (Wildman–Crippen MR) is 110 cm³/mol. The van der Waals surface area contributed by atoms with Gasteiger partial charge in [0.2, 0.25) is 0 Å². The van der Waals surface area contributed by atoms with Crippen molar-refractivity contribution in [3.63, 3.8) is 0 Å². The second-order valence-electron chi connectivity index (χ2n) is 6.17. The zero-order chi connectivity index (χ0) is 16.1. The number of guanidine groups is 1. The van der Waals surface area contributed by atoms with Crippen molar-refractivity contribution < 1.29 is 9.47 Å². The van der Waals surface area contributed by atoms with E-state index in [-0.39, 0.29) is 35.5 Å². The van der Waals surface area contributed by atoms with E-state index in [1.54, 1.807) is 7.05 Å². The lowest BCUT2D eigenvalue weighted by Gasteiger charge is -2.24. The molecule has 1 saturated heterocycles. The van der Waals surface area contributed by atoms with Crippen molar-refractivity contribution in [1.82, 2.24) is 10.6 Å². The first kappa shape index (κ1) is 19.9.